The Kier molecular flexibility index (Phi) is 2.26. The predicted molar refractivity (Wildman–Crippen MR) is 64.0 cm³/mol. The second-order valence-electron chi connectivity index (χ2n) is 4.31. The van der Waals surface area contributed by atoms with Crippen LogP contribution in [0.2, 0.25) is 0 Å². The van der Waals surface area contributed by atoms with Crippen molar-refractivity contribution in [3.63, 3.8) is 0 Å². The number of hydrogen-bond donors (Lipinski definition) is 0. The van der Waals surface area contributed by atoms with Gasteiger partial charge >= 0.3 is 11.9 Å². The van der Waals surface area contributed by atoms with Crippen LogP contribution in [0.3, 0.4) is 0 Å². The molecule has 2 aromatic carbocycles. The van der Waals surface area contributed by atoms with Crippen LogP contribution in [0.15, 0.2) is 39.5 Å². The molecule has 0 fully saturated rings. The van der Waals surface area contributed by atoms with Crippen molar-refractivity contribution in [2.45, 2.75) is 6.18 Å². The largest absolute Gasteiger partial charge is 0.419 e. The number of halogens is 3. The molecular formula is C13H8F3NO2. The summed E-state index contributed by atoms with van der Waals surface area (Å²) in [6.07, 6.45) is -4.38. The third-order valence-corrected chi connectivity index (χ3v) is 3.08. The van der Waals surface area contributed by atoms with Crippen molar-refractivity contribution >= 4 is 21.9 Å². The van der Waals surface area contributed by atoms with Crippen LogP contribution < -0.4 is 5.76 Å². The fourth-order valence-electron chi connectivity index (χ4n) is 2.05. The van der Waals surface area contributed by atoms with Gasteiger partial charge in [0.25, 0.3) is 0 Å². The minimum absolute atomic E-state index is 0.361. The molecular weight excluding hydrogens is 259 g/mol. The Morgan fingerprint density at radius 3 is 2.53 bits per heavy atom. The zero-order valence-electron chi connectivity index (χ0n) is 9.78. The van der Waals surface area contributed by atoms with Gasteiger partial charge in [-0.2, -0.15) is 13.2 Å². The molecule has 3 nitrogen and oxygen atoms in total. The van der Waals surface area contributed by atoms with E-state index >= 15 is 0 Å². The van der Waals surface area contributed by atoms with Gasteiger partial charge in [0.2, 0.25) is 0 Å². The zero-order valence-corrected chi connectivity index (χ0v) is 9.78. The number of hydrogen-bond acceptors (Lipinski definition) is 2. The van der Waals surface area contributed by atoms with E-state index in [1.807, 2.05) is 0 Å². The highest BCUT2D eigenvalue weighted by Crippen LogP contribution is 2.32. The third kappa shape index (κ3) is 1.80. The number of oxazole rings is 1. The highest BCUT2D eigenvalue weighted by Gasteiger charge is 2.30. The van der Waals surface area contributed by atoms with Crippen LogP contribution in [0.25, 0.3) is 21.9 Å². The van der Waals surface area contributed by atoms with E-state index in [2.05, 4.69) is 0 Å². The number of aryl methyl sites for hydroxylation is 1. The Labute approximate surface area is 104 Å². The van der Waals surface area contributed by atoms with Gasteiger partial charge in [-0.3, -0.25) is 4.57 Å². The van der Waals surface area contributed by atoms with Gasteiger partial charge in [0.15, 0.2) is 5.58 Å². The molecule has 0 N–H and O–H groups in total. The number of rotatable bonds is 0. The first-order chi connectivity index (χ1) is 8.86. The van der Waals surface area contributed by atoms with Gasteiger partial charge < -0.3 is 4.42 Å². The molecule has 0 unspecified atom stereocenters. The summed E-state index contributed by atoms with van der Waals surface area (Å²) in [6.45, 7) is 0. The smallest absolute Gasteiger partial charge is 0.408 e. The SMILES string of the molecule is Cn1c(=O)oc2cc3ccc(C(F)(F)F)cc3cc21. The number of aromatic nitrogens is 1. The minimum atomic E-state index is -4.38. The fourth-order valence-corrected chi connectivity index (χ4v) is 2.05. The second-order valence-corrected chi connectivity index (χ2v) is 4.31. The van der Waals surface area contributed by atoms with Crippen molar-refractivity contribution in [2.75, 3.05) is 0 Å². The average molecular weight is 267 g/mol. The van der Waals surface area contributed by atoms with E-state index in [-0.39, 0.29) is 0 Å². The maximum absolute atomic E-state index is 12.6. The van der Waals surface area contributed by atoms with E-state index in [0.717, 1.165) is 12.1 Å². The first-order valence-electron chi connectivity index (χ1n) is 5.47. The lowest BCUT2D eigenvalue weighted by molar-refractivity contribution is -0.137. The molecule has 0 aliphatic rings. The van der Waals surface area contributed by atoms with Gasteiger partial charge in [0.1, 0.15) is 0 Å². The Morgan fingerprint density at radius 2 is 1.84 bits per heavy atom. The molecule has 98 valence electrons. The molecule has 0 aliphatic carbocycles. The fraction of sp³-hybridized carbons (Fsp3) is 0.154. The van der Waals surface area contributed by atoms with E-state index in [1.54, 1.807) is 6.07 Å². The highest BCUT2D eigenvalue weighted by molar-refractivity contribution is 5.94. The number of benzene rings is 2. The number of fused-ring (bicyclic) bond motifs is 2. The van der Waals surface area contributed by atoms with Crippen molar-refractivity contribution < 1.29 is 17.6 Å². The lowest BCUT2D eigenvalue weighted by Crippen LogP contribution is -2.08. The Balaban J connectivity index is 2.36. The van der Waals surface area contributed by atoms with Crippen molar-refractivity contribution in [3.05, 3.63) is 46.4 Å². The number of nitrogens with zero attached hydrogens (tertiary/aromatic N) is 1. The van der Waals surface area contributed by atoms with Crippen molar-refractivity contribution in [3.8, 4) is 0 Å². The monoisotopic (exact) mass is 267 g/mol. The van der Waals surface area contributed by atoms with Crippen LogP contribution in [-0.2, 0) is 13.2 Å². The molecule has 0 saturated heterocycles. The molecule has 0 saturated carbocycles. The molecule has 1 heterocycles. The number of alkyl halides is 3. The molecule has 0 aliphatic heterocycles. The van der Waals surface area contributed by atoms with E-state index in [4.69, 9.17) is 4.42 Å². The van der Waals surface area contributed by atoms with Crippen LogP contribution in [-0.4, -0.2) is 4.57 Å². The molecule has 0 atom stereocenters. The third-order valence-electron chi connectivity index (χ3n) is 3.08. The summed E-state index contributed by atoms with van der Waals surface area (Å²) in [4.78, 5) is 11.4. The molecule has 0 spiro atoms. The van der Waals surface area contributed by atoms with E-state index in [1.165, 1.54) is 23.7 Å². The van der Waals surface area contributed by atoms with Gasteiger partial charge in [-0.1, -0.05) is 6.07 Å². The minimum Gasteiger partial charge on any atom is -0.408 e. The summed E-state index contributed by atoms with van der Waals surface area (Å²) in [5, 5.41) is 1.01. The summed E-state index contributed by atoms with van der Waals surface area (Å²) in [6, 6.07) is 6.52. The van der Waals surface area contributed by atoms with Gasteiger partial charge in [0.05, 0.1) is 11.1 Å². The van der Waals surface area contributed by atoms with Gasteiger partial charge in [-0.15, -0.1) is 0 Å². The summed E-state index contributed by atoms with van der Waals surface area (Å²) in [5.41, 5.74) is 0.115. The van der Waals surface area contributed by atoms with Crippen LogP contribution in [0.4, 0.5) is 13.2 Å². The zero-order chi connectivity index (χ0) is 13.8. The predicted octanol–water partition coefficient (Wildman–Crippen LogP) is 3.30. The summed E-state index contributed by atoms with van der Waals surface area (Å²) in [7, 11) is 1.51. The Morgan fingerprint density at radius 1 is 1.11 bits per heavy atom. The Hall–Kier alpha value is -2.24. The van der Waals surface area contributed by atoms with Crippen LogP contribution in [0.5, 0.6) is 0 Å². The molecule has 3 aromatic rings. The molecule has 3 rings (SSSR count). The van der Waals surface area contributed by atoms with E-state index < -0.39 is 17.5 Å². The standard InChI is InChI=1S/C13H8F3NO2/c1-17-10-5-8-4-9(13(14,15)16)3-2-7(8)6-11(10)19-12(17)18/h2-6H,1H3. The first-order valence-corrected chi connectivity index (χ1v) is 5.47. The van der Waals surface area contributed by atoms with Crippen LogP contribution in [0, 0.1) is 0 Å². The molecule has 0 amide bonds. The van der Waals surface area contributed by atoms with Crippen LogP contribution in [0.1, 0.15) is 5.56 Å². The van der Waals surface area contributed by atoms with Crippen molar-refractivity contribution in [1.29, 1.82) is 0 Å². The van der Waals surface area contributed by atoms with E-state index in [9.17, 15) is 18.0 Å². The van der Waals surface area contributed by atoms with Crippen molar-refractivity contribution in [1.82, 2.24) is 4.57 Å². The maximum atomic E-state index is 12.6. The Bertz CT molecular complexity index is 843. The highest BCUT2D eigenvalue weighted by atomic mass is 19.4. The summed E-state index contributed by atoms with van der Waals surface area (Å²) < 4.78 is 44.2. The molecule has 1 aromatic heterocycles. The molecule has 19 heavy (non-hydrogen) atoms. The first kappa shape index (κ1) is 11.8. The van der Waals surface area contributed by atoms with Crippen LogP contribution >= 0.6 is 0 Å². The topological polar surface area (TPSA) is 35.1 Å². The average Bonchev–Trinajstić information content (AvgIpc) is 2.61. The maximum Gasteiger partial charge on any atom is 0.419 e. The summed E-state index contributed by atoms with van der Waals surface area (Å²) in [5.74, 6) is -0.540. The normalized spacial score (nSPS) is 12.4. The lowest BCUT2D eigenvalue weighted by atomic mass is 10.1. The second kappa shape index (κ2) is 3.63. The molecule has 0 radical (unpaired) electrons. The van der Waals surface area contributed by atoms with E-state index in [0.29, 0.717) is 21.9 Å². The molecule has 0 bridgehead atoms. The summed E-state index contributed by atoms with van der Waals surface area (Å²) >= 11 is 0. The van der Waals surface area contributed by atoms with Gasteiger partial charge in [0, 0.05) is 7.05 Å². The van der Waals surface area contributed by atoms with Crippen molar-refractivity contribution in [2.24, 2.45) is 7.05 Å². The van der Waals surface area contributed by atoms with Gasteiger partial charge in [-0.25, -0.2) is 4.79 Å². The molecule has 6 heteroatoms. The van der Waals surface area contributed by atoms with Gasteiger partial charge in [-0.05, 0) is 35.0 Å². The lowest BCUT2D eigenvalue weighted by Gasteiger charge is -2.07. The quantitative estimate of drug-likeness (QED) is 0.626.